The number of benzene rings is 1. The lowest BCUT2D eigenvalue weighted by atomic mass is 9.97. The van der Waals surface area contributed by atoms with Gasteiger partial charge in [0.15, 0.2) is 0 Å². The van der Waals surface area contributed by atoms with E-state index in [1.165, 1.54) is 5.56 Å². The fourth-order valence-corrected chi connectivity index (χ4v) is 3.82. The number of hydrogen-bond donors (Lipinski definition) is 0. The average molecular weight is 304 g/mol. The van der Waals surface area contributed by atoms with E-state index in [-0.39, 0.29) is 0 Å². The van der Waals surface area contributed by atoms with Gasteiger partial charge in [-0.15, -0.1) is 0 Å². The number of likely N-dealkylation sites (tertiary alicyclic amines) is 1. The Bertz CT molecular complexity index is 492. The standard InChI is InChI=1S/C18H28N2O2/c1-14(2)20-10-11-22-18-8-9-19(13-16(18)20)12-15-6-4-5-7-17(15)21-3/h4-7,14,16,18H,8-13H2,1-3H3/t16-,18-/m0/s1. The molecule has 1 aromatic carbocycles. The van der Waals surface area contributed by atoms with Crippen molar-refractivity contribution in [1.82, 2.24) is 9.80 Å². The van der Waals surface area contributed by atoms with Crippen molar-refractivity contribution < 1.29 is 9.47 Å². The highest BCUT2D eigenvalue weighted by Gasteiger charge is 2.37. The lowest BCUT2D eigenvalue weighted by Gasteiger charge is -2.48. The molecular weight excluding hydrogens is 276 g/mol. The number of methoxy groups -OCH3 is 1. The van der Waals surface area contributed by atoms with E-state index in [0.717, 1.165) is 45.0 Å². The molecule has 2 saturated heterocycles. The Hall–Kier alpha value is -1.10. The van der Waals surface area contributed by atoms with E-state index < -0.39 is 0 Å². The minimum absolute atomic E-state index is 0.407. The summed E-state index contributed by atoms with van der Waals surface area (Å²) in [4.78, 5) is 5.16. The van der Waals surface area contributed by atoms with Crippen molar-refractivity contribution in [3.63, 3.8) is 0 Å². The molecule has 0 aliphatic carbocycles. The summed E-state index contributed by atoms with van der Waals surface area (Å²) in [6.45, 7) is 9.67. The van der Waals surface area contributed by atoms with Crippen LogP contribution >= 0.6 is 0 Å². The predicted molar refractivity (Wildman–Crippen MR) is 88.3 cm³/mol. The van der Waals surface area contributed by atoms with Crippen molar-refractivity contribution >= 4 is 0 Å². The summed E-state index contributed by atoms with van der Waals surface area (Å²) in [6, 6.07) is 9.45. The molecule has 0 radical (unpaired) electrons. The Kier molecular flexibility index (Phi) is 5.01. The fraction of sp³-hybridized carbons (Fsp3) is 0.667. The third-order valence-corrected chi connectivity index (χ3v) is 4.96. The van der Waals surface area contributed by atoms with Crippen LogP contribution in [-0.2, 0) is 11.3 Å². The molecule has 2 heterocycles. The Labute approximate surface area is 134 Å². The largest absolute Gasteiger partial charge is 0.496 e. The molecule has 0 aromatic heterocycles. The van der Waals surface area contributed by atoms with E-state index in [9.17, 15) is 0 Å². The van der Waals surface area contributed by atoms with Crippen LogP contribution in [0.4, 0.5) is 0 Å². The first-order valence-electron chi connectivity index (χ1n) is 8.40. The second-order valence-electron chi connectivity index (χ2n) is 6.64. The Balaban J connectivity index is 1.69. The first-order valence-corrected chi connectivity index (χ1v) is 8.40. The highest BCUT2D eigenvalue weighted by atomic mass is 16.5. The summed E-state index contributed by atoms with van der Waals surface area (Å²) < 4.78 is 11.5. The van der Waals surface area contributed by atoms with Crippen molar-refractivity contribution in [2.45, 2.75) is 45.0 Å². The maximum Gasteiger partial charge on any atom is 0.123 e. The van der Waals surface area contributed by atoms with E-state index in [1.54, 1.807) is 7.11 Å². The molecule has 2 atom stereocenters. The van der Waals surface area contributed by atoms with Gasteiger partial charge in [-0.2, -0.15) is 0 Å². The van der Waals surface area contributed by atoms with E-state index >= 15 is 0 Å². The molecule has 122 valence electrons. The van der Waals surface area contributed by atoms with Gasteiger partial charge in [0.2, 0.25) is 0 Å². The first-order chi connectivity index (χ1) is 10.7. The number of rotatable bonds is 4. The molecule has 4 nitrogen and oxygen atoms in total. The van der Waals surface area contributed by atoms with E-state index in [0.29, 0.717) is 18.2 Å². The molecule has 2 aliphatic rings. The van der Waals surface area contributed by atoms with Gasteiger partial charge in [-0.25, -0.2) is 0 Å². The highest BCUT2D eigenvalue weighted by Crippen LogP contribution is 2.27. The molecule has 0 amide bonds. The third-order valence-electron chi connectivity index (χ3n) is 4.96. The van der Waals surface area contributed by atoms with Crippen molar-refractivity contribution in [3.8, 4) is 5.75 Å². The molecule has 0 bridgehead atoms. The Morgan fingerprint density at radius 1 is 1.27 bits per heavy atom. The summed E-state index contributed by atoms with van der Waals surface area (Å²) in [7, 11) is 1.75. The van der Waals surface area contributed by atoms with Crippen LogP contribution in [0.1, 0.15) is 25.8 Å². The summed E-state index contributed by atoms with van der Waals surface area (Å²) in [5, 5.41) is 0. The van der Waals surface area contributed by atoms with Gasteiger partial charge >= 0.3 is 0 Å². The van der Waals surface area contributed by atoms with Gasteiger partial charge in [-0.1, -0.05) is 18.2 Å². The summed E-state index contributed by atoms with van der Waals surface area (Å²) in [5.74, 6) is 0.991. The van der Waals surface area contributed by atoms with Gasteiger partial charge in [-0.3, -0.25) is 9.80 Å². The zero-order valence-corrected chi connectivity index (χ0v) is 14.0. The number of ether oxygens (including phenoxy) is 2. The second-order valence-corrected chi connectivity index (χ2v) is 6.64. The fourth-order valence-electron chi connectivity index (χ4n) is 3.82. The van der Waals surface area contributed by atoms with Crippen molar-refractivity contribution in [2.75, 3.05) is 33.4 Å². The van der Waals surface area contributed by atoms with Crippen molar-refractivity contribution in [1.29, 1.82) is 0 Å². The predicted octanol–water partition coefficient (Wildman–Crippen LogP) is 2.38. The SMILES string of the molecule is COc1ccccc1CN1CC[C@@H]2OCCN(C(C)C)[C@H]2C1. The lowest BCUT2D eigenvalue weighted by molar-refractivity contribution is -0.113. The van der Waals surface area contributed by atoms with E-state index in [1.807, 2.05) is 12.1 Å². The molecule has 3 rings (SSSR count). The van der Waals surface area contributed by atoms with E-state index in [4.69, 9.17) is 9.47 Å². The molecule has 1 aromatic rings. The number of piperidine rings is 1. The zero-order valence-electron chi connectivity index (χ0n) is 14.0. The number of nitrogens with zero attached hydrogens (tertiary/aromatic N) is 2. The molecule has 0 N–H and O–H groups in total. The monoisotopic (exact) mass is 304 g/mol. The van der Waals surface area contributed by atoms with Gasteiger partial charge < -0.3 is 9.47 Å². The Morgan fingerprint density at radius 3 is 2.86 bits per heavy atom. The summed E-state index contributed by atoms with van der Waals surface area (Å²) in [5.41, 5.74) is 1.27. The maximum atomic E-state index is 6.01. The Morgan fingerprint density at radius 2 is 2.09 bits per heavy atom. The molecule has 0 saturated carbocycles. The maximum absolute atomic E-state index is 6.01. The summed E-state index contributed by atoms with van der Waals surface area (Å²) in [6.07, 6.45) is 1.54. The molecular formula is C18H28N2O2. The number of morpholine rings is 1. The molecule has 2 fully saturated rings. The average Bonchev–Trinajstić information content (AvgIpc) is 2.54. The molecule has 22 heavy (non-hydrogen) atoms. The van der Waals surface area contributed by atoms with Gasteiger partial charge in [0, 0.05) is 43.8 Å². The zero-order chi connectivity index (χ0) is 15.5. The highest BCUT2D eigenvalue weighted by molar-refractivity contribution is 5.33. The topological polar surface area (TPSA) is 24.9 Å². The smallest absolute Gasteiger partial charge is 0.123 e. The van der Waals surface area contributed by atoms with Crippen LogP contribution in [0.5, 0.6) is 5.75 Å². The van der Waals surface area contributed by atoms with Crippen LogP contribution in [0.3, 0.4) is 0 Å². The molecule has 0 spiro atoms. The van der Waals surface area contributed by atoms with Crippen LogP contribution in [0.2, 0.25) is 0 Å². The van der Waals surface area contributed by atoms with Gasteiger partial charge in [0.1, 0.15) is 5.75 Å². The van der Waals surface area contributed by atoms with Crippen LogP contribution in [-0.4, -0.2) is 61.3 Å². The second kappa shape index (κ2) is 6.99. The third kappa shape index (κ3) is 3.29. The first kappa shape index (κ1) is 15.8. The molecule has 4 heteroatoms. The number of hydrogen-bond acceptors (Lipinski definition) is 4. The van der Waals surface area contributed by atoms with Crippen molar-refractivity contribution in [2.24, 2.45) is 0 Å². The van der Waals surface area contributed by atoms with Crippen LogP contribution in [0, 0.1) is 0 Å². The quantitative estimate of drug-likeness (QED) is 0.853. The molecule has 2 aliphatic heterocycles. The van der Waals surface area contributed by atoms with E-state index in [2.05, 4.69) is 35.8 Å². The molecule has 0 unspecified atom stereocenters. The summed E-state index contributed by atoms with van der Waals surface area (Å²) >= 11 is 0. The number of para-hydroxylation sites is 1. The van der Waals surface area contributed by atoms with Crippen LogP contribution < -0.4 is 4.74 Å². The van der Waals surface area contributed by atoms with Crippen molar-refractivity contribution in [3.05, 3.63) is 29.8 Å². The minimum Gasteiger partial charge on any atom is -0.496 e. The normalized spacial score (nSPS) is 26.9. The lowest BCUT2D eigenvalue weighted by Crippen LogP contribution is -2.61. The van der Waals surface area contributed by atoms with Gasteiger partial charge in [0.25, 0.3) is 0 Å². The number of fused-ring (bicyclic) bond motifs is 1. The van der Waals surface area contributed by atoms with Gasteiger partial charge in [0.05, 0.1) is 19.8 Å². The van der Waals surface area contributed by atoms with Crippen LogP contribution in [0.15, 0.2) is 24.3 Å². The van der Waals surface area contributed by atoms with Crippen LogP contribution in [0.25, 0.3) is 0 Å². The minimum atomic E-state index is 0.407. The van der Waals surface area contributed by atoms with Gasteiger partial charge in [-0.05, 0) is 26.3 Å².